The van der Waals surface area contributed by atoms with E-state index in [0.717, 1.165) is 11.1 Å². The highest BCUT2D eigenvalue weighted by Crippen LogP contribution is 2.25. The summed E-state index contributed by atoms with van der Waals surface area (Å²) < 4.78 is 4.77. The second-order valence-corrected chi connectivity index (χ2v) is 5.81. The third-order valence-corrected chi connectivity index (χ3v) is 3.90. The molecule has 2 N–H and O–H groups in total. The van der Waals surface area contributed by atoms with Crippen LogP contribution < -0.4 is 10.3 Å². The van der Waals surface area contributed by atoms with E-state index < -0.39 is 18.0 Å². The third kappa shape index (κ3) is 4.42. The first-order valence-electron chi connectivity index (χ1n) is 7.85. The van der Waals surface area contributed by atoms with Crippen LogP contribution in [0.4, 0.5) is 5.69 Å². The van der Waals surface area contributed by atoms with Crippen LogP contribution in [-0.4, -0.2) is 48.4 Å². The largest absolute Gasteiger partial charge is 0.479 e. The van der Waals surface area contributed by atoms with E-state index in [1.807, 2.05) is 32.0 Å². The number of aryl methyl sites for hydroxylation is 2. The molecule has 8 heteroatoms. The fourth-order valence-corrected chi connectivity index (χ4v) is 2.41. The Kier molecular flexibility index (Phi) is 5.87. The summed E-state index contributed by atoms with van der Waals surface area (Å²) in [6.07, 6.45) is -0.770. The quantitative estimate of drug-likeness (QED) is 0.798. The second-order valence-electron chi connectivity index (χ2n) is 5.81. The van der Waals surface area contributed by atoms with E-state index in [9.17, 15) is 14.4 Å². The van der Waals surface area contributed by atoms with E-state index in [1.54, 1.807) is 0 Å². The lowest BCUT2D eigenvalue weighted by Gasteiger charge is -2.25. The molecule has 1 atom stereocenters. The summed E-state index contributed by atoms with van der Waals surface area (Å²) in [5, 5.41) is 16.8. The molecule has 0 aromatic heterocycles. The summed E-state index contributed by atoms with van der Waals surface area (Å²) in [6.45, 7) is 3.59. The van der Waals surface area contributed by atoms with Crippen molar-refractivity contribution < 1.29 is 24.2 Å². The van der Waals surface area contributed by atoms with Crippen LogP contribution in [0.25, 0.3) is 0 Å². The summed E-state index contributed by atoms with van der Waals surface area (Å²) in [5.41, 5.74) is 2.66. The normalized spacial score (nSPS) is 15.6. The number of carboxylic acid groups (broad SMARTS) is 1. The van der Waals surface area contributed by atoms with E-state index in [-0.39, 0.29) is 31.0 Å². The summed E-state index contributed by atoms with van der Waals surface area (Å²) in [6, 6.07) is 5.65. The standard InChI is InChI=1S/C17H21N3O5/c1-10-4-5-11(2)13(8-10)20-15(21)7-6-12(19-20)16(22)18-9-14(25-3)17(23)24/h4-5,8,14H,6-7,9H2,1-3H3,(H,18,22)(H,23,24). The monoisotopic (exact) mass is 347 g/mol. The van der Waals surface area contributed by atoms with Crippen LogP contribution >= 0.6 is 0 Å². The van der Waals surface area contributed by atoms with Gasteiger partial charge < -0.3 is 15.2 Å². The molecule has 1 aromatic carbocycles. The van der Waals surface area contributed by atoms with E-state index in [0.29, 0.717) is 5.69 Å². The van der Waals surface area contributed by atoms with Crippen molar-refractivity contribution in [2.45, 2.75) is 32.8 Å². The van der Waals surface area contributed by atoms with Crippen LogP contribution in [0.2, 0.25) is 0 Å². The molecule has 8 nitrogen and oxygen atoms in total. The van der Waals surface area contributed by atoms with Crippen molar-refractivity contribution in [2.75, 3.05) is 18.7 Å². The zero-order valence-electron chi connectivity index (χ0n) is 14.4. The molecule has 1 aliphatic heterocycles. The maximum atomic E-state index is 12.2. The van der Waals surface area contributed by atoms with Crippen molar-refractivity contribution in [3.8, 4) is 0 Å². The van der Waals surface area contributed by atoms with Crippen molar-refractivity contribution in [1.29, 1.82) is 0 Å². The van der Waals surface area contributed by atoms with Crippen LogP contribution in [0.1, 0.15) is 24.0 Å². The van der Waals surface area contributed by atoms with Gasteiger partial charge in [0.2, 0.25) is 5.91 Å². The molecule has 25 heavy (non-hydrogen) atoms. The van der Waals surface area contributed by atoms with Gasteiger partial charge in [0.05, 0.1) is 12.2 Å². The molecule has 0 fully saturated rings. The third-order valence-electron chi connectivity index (χ3n) is 3.90. The van der Waals surface area contributed by atoms with Gasteiger partial charge in [0.1, 0.15) is 5.71 Å². The van der Waals surface area contributed by atoms with E-state index in [2.05, 4.69) is 10.4 Å². The predicted molar refractivity (Wildman–Crippen MR) is 91.5 cm³/mol. The molecule has 134 valence electrons. The summed E-state index contributed by atoms with van der Waals surface area (Å²) in [5.74, 6) is -1.86. The number of hydrogen-bond acceptors (Lipinski definition) is 5. The first kappa shape index (κ1) is 18.6. The average Bonchev–Trinajstić information content (AvgIpc) is 2.57. The molecule has 0 bridgehead atoms. The smallest absolute Gasteiger partial charge is 0.334 e. The molecule has 0 aliphatic carbocycles. The maximum Gasteiger partial charge on any atom is 0.334 e. The van der Waals surface area contributed by atoms with Crippen molar-refractivity contribution in [3.63, 3.8) is 0 Å². The Balaban J connectivity index is 2.18. The number of carbonyl (C=O) groups excluding carboxylic acids is 2. The molecule has 1 heterocycles. The van der Waals surface area contributed by atoms with E-state index >= 15 is 0 Å². The van der Waals surface area contributed by atoms with Gasteiger partial charge in [-0.15, -0.1) is 0 Å². The summed E-state index contributed by atoms with van der Waals surface area (Å²) >= 11 is 0. The van der Waals surface area contributed by atoms with Gasteiger partial charge in [-0.25, -0.2) is 9.80 Å². The molecule has 0 radical (unpaired) electrons. The van der Waals surface area contributed by atoms with Gasteiger partial charge in [0.25, 0.3) is 5.91 Å². The molecule has 2 rings (SSSR count). The number of carbonyl (C=O) groups is 3. The van der Waals surface area contributed by atoms with Gasteiger partial charge in [-0.3, -0.25) is 9.59 Å². The van der Waals surface area contributed by atoms with E-state index in [1.165, 1.54) is 12.1 Å². The Morgan fingerprint density at radius 1 is 1.36 bits per heavy atom. The number of hydrogen-bond donors (Lipinski definition) is 2. The Bertz CT molecular complexity index is 729. The van der Waals surface area contributed by atoms with Crippen molar-refractivity contribution in [3.05, 3.63) is 29.3 Å². The van der Waals surface area contributed by atoms with Crippen LogP contribution in [0, 0.1) is 13.8 Å². The lowest BCUT2D eigenvalue weighted by molar-refractivity contribution is -0.148. The Labute approximate surface area is 145 Å². The molecule has 2 amide bonds. The highest BCUT2D eigenvalue weighted by atomic mass is 16.5. The van der Waals surface area contributed by atoms with Gasteiger partial charge in [-0.1, -0.05) is 12.1 Å². The number of nitrogens with one attached hydrogen (secondary N) is 1. The van der Waals surface area contributed by atoms with Gasteiger partial charge in [0.15, 0.2) is 6.10 Å². The molecule has 0 saturated heterocycles. The van der Waals surface area contributed by atoms with Gasteiger partial charge in [0, 0.05) is 20.0 Å². The van der Waals surface area contributed by atoms with Gasteiger partial charge in [-0.05, 0) is 31.0 Å². The minimum absolute atomic E-state index is 0.159. The number of nitrogens with zero attached hydrogens (tertiary/aromatic N) is 2. The fourth-order valence-electron chi connectivity index (χ4n) is 2.41. The highest BCUT2D eigenvalue weighted by Gasteiger charge is 2.27. The number of ether oxygens (including phenoxy) is 1. The number of rotatable bonds is 6. The topological polar surface area (TPSA) is 108 Å². The Morgan fingerprint density at radius 2 is 2.08 bits per heavy atom. The average molecular weight is 347 g/mol. The van der Waals surface area contributed by atoms with Crippen LogP contribution in [-0.2, 0) is 19.1 Å². The lowest BCUT2D eigenvalue weighted by atomic mass is 10.1. The fraction of sp³-hybridized carbons (Fsp3) is 0.412. The highest BCUT2D eigenvalue weighted by molar-refractivity contribution is 6.40. The second kappa shape index (κ2) is 7.89. The molecular weight excluding hydrogens is 326 g/mol. The van der Waals surface area contributed by atoms with Gasteiger partial charge in [-0.2, -0.15) is 5.10 Å². The number of anilines is 1. The molecule has 0 spiro atoms. The SMILES string of the molecule is COC(CNC(=O)C1=NN(c2cc(C)ccc2C)C(=O)CC1)C(=O)O. The predicted octanol–water partition coefficient (Wildman–Crippen LogP) is 1.00. The van der Waals surface area contributed by atoms with Crippen LogP contribution in [0.5, 0.6) is 0 Å². The number of benzene rings is 1. The maximum absolute atomic E-state index is 12.2. The summed E-state index contributed by atoms with van der Waals surface area (Å²) in [7, 11) is 1.25. The molecular formula is C17H21N3O5. The molecule has 1 unspecified atom stereocenters. The zero-order valence-corrected chi connectivity index (χ0v) is 14.4. The minimum Gasteiger partial charge on any atom is -0.479 e. The number of aliphatic carboxylic acids is 1. The summed E-state index contributed by atoms with van der Waals surface area (Å²) in [4.78, 5) is 35.4. The minimum atomic E-state index is -1.17. The van der Waals surface area contributed by atoms with Crippen molar-refractivity contribution in [2.24, 2.45) is 5.10 Å². The molecule has 1 aromatic rings. The van der Waals surface area contributed by atoms with E-state index in [4.69, 9.17) is 9.84 Å². The molecule has 0 saturated carbocycles. The number of hydrazone groups is 1. The first-order chi connectivity index (χ1) is 11.8. The number of methoxy groups -OCH3 is 1. The number of amides is 2. The first-order valence-corrected chi connectivity index (χ1v) is 7.85. The zero-order chi connectivity index (χ0) is 18.6. The lowest BCUT2D eigenvalue weighted by Crippen LogP contribution is -2.43. The van der Waals surface area contributed by atoms with Crippen molar-refractivity contribution in [1.82, 2.24) is 5.32 Å². The Hall–Kier alpha value is -2.74. The van der Waals surface area contributed by atoms with Crippen LogP contribution in [0.3, 0.4) is 0 Å². The Morgan fingerprint density at radius 3 is 2.72 bits per heavy atom. The van der Waals surface area contributed by atoms with Gasteiger partial charge >= 0.3 is 5.97 Å². The molecule has 1 aliphatic rings. The van der Waals surface area contributed by atoms with Crippen LogP contribution in [0.15, 0.2) is 23.3 Å². The van der Waals surface area contributed by atoms with Crippen molar-refractivity contribution >= 4 is 29.2 Å². The number of carboxylic acids is 1.